The van der Waals surface area contributed by atoms with Crippen LogP contribution in [0.15, 0.2) is 85.5 Å². The van der Waals surface area contributed by atoms with Gasteiger partial charge in [0.15, 0.2) is 0 Å². The summed E-state index contributed by atoms with van der Waals surface area (Å²) in [4.78, 5) is 18.1. The summed E-state index contributed by atoms with van der Waals surface area (Å²) >= 11 is 5.91. The van der Waals surface area contributed by atoms with Crippen molar-refractivity contribution >= 4 is 28.3 Å². The standard InChI is InChI=1S/C32H29ClFN7O/c1-3-40-20-36-17-26(40)18-41-30-12-11-24(35-2)15-29(30)38-31(41)14-21-7-8-22(13-27(21)34)28-5-4-6-32(39-28)42-19-25-10-9-23(33)16-37-25/h4-13,15-17,20,35H,3,14,18-19H2,1-2H3. The van der Waals surface area contributed by atoms with E-state index in [0.29, 0.717) is 40.7 Å². The third kappa shape index (κ3) is 5.82. The molecule has 4 heterocycles. The van der Waals surface area contributed by atoms with Crippen molar-refractivity contribution in [3.05, 3.63) is 119 Å². The maximum absolute atomic E-state index is 15.6. The van der Waals surface area contributed by atoms with Crippen LogP contribution in [0.2, 0.25) is 5.02 Å². The summed E-state index contributed by atoms with van der Waals surface area (Å²) in [6.45, 7) is 3.73. The van der Waals surface area contributed by atoms with E-state index in [1.165, 1.54) is 6.07 Å². The van der Waals surface area contributed by atoms with Crippen molar-refractivity contribution in [2.45, 2.75) is 33.0 Å². The number of hydrogen-bond donors (Lipinski definition) is 1. The van der Waals surface area contributed by atoms with Gasteiger partial charge in [0.05, 0.1) is 46.0 Å². The number of anilines is 1. The van der Waals surface area contributed by atoms with Crippen LogP contribution in [-0.2, 0) is 26.1 Å². The summed E-state index contributed by atoms with van der Waals surface area (Å²) in [6, 6.07) is 20.3. The molecular weight excluding hydrogens is 553 g/mol. The zero-order chi connectivity index (χ0) is 29.1. The Kier molecular flexibility index (Phi) is 7.83. The summed E-state index contributed by atoms with van der Waals surface area (Å²) in [5, 5.41) is 3.73. The molecule has 0 saturated heterocycles. The first-order valence-corrected chi connectivity index (χ1v) is 14.0. The molecule has 0 spiro atoms. The lowest BCUT2D eigenvalue weighted by Gasteiger charge is -2.12. The van der Waals surface area contributed by atoms with Crippen LogP contribution in [0, 0.1) is 5.82 Å². The molecule has 0 aliphatic carbocycles. The number of ether oxygens (including phenoxy) is 1. The SMILES string of the molecule is CCn1cncc1Cn1c(Cc2ccc(-c3cccc(OCc4ccc(Cl)cn4)n3)cc2F)nc2cc(NC)ccc21. The van der Waals surface area contributed by atoms with Gasteiger partial charge in [0.2, 0.25) is 5.88 Å². The Bertz CT molecular complexity index is 1850. The van der Waals surface area contributed by atoms with Gasteiger partial charge in [0.25, 0.3) is 0 Å². The highest BCUT2D eigenvalue weighted by molar-refractivity contribution is 6.30. The lowest BCUT2D eigenvalue weighted by Crippen LogP contribution is -2.10. The molecule has 0 unspecified atom stereocenters. The van der Waals surface area contributed by atoms with Gasteiger partial charge < -0.3 is 19.2 Å². The summed E-state index contributed by atoms with van der Waals surface area (Å²) in [5.41, 5.74) is 6.42. The molecule has 0 amide bonds. The fourth-order valence-electron chi connectivity index (χ4n) is 4.89. The number of rotatable bonds is 10. The molecule has 42 heavy (non-hydrogen) atoms. The van der Waals surface area contributed by atoms with E-state index in [1.807, 2.05) is 56.0 Å². The Morgan fingerprint density at radius 2 is 1.90 bits per heavy atom. The Hall–Kier alpha value is -4.76. The molecule has 1 N–H and O–H groups in total. The van der Waals surface area contributed by atoms with Crippen molar-refractivity contribution in [2.75, 3.05) is 12.4 Å². The van der Waals surface area contributed by atoms with Crippen LogP contribution >= 0.6 is 11.6 Å². The average Bonchev–Trinajstić information content (AvgIpc) is 3.61. The average molecular weight is 582 g/mol. The minimum Gasteiger partial charge on any atom is -0.471 e. The molecule has 0 saturated carbocycles. The minimum absolute atomic E-state index is 0.247. The minimum atomic E-state index is -0.320. The number of halogens is 2. The zero-order valence-electron chi connectivity index (χ0n) is 23.3. The lowest BCUT2D eigenvalue weighted by molar-refractivity contribution is 0.289. The molecule has 0 bridgehead atoms. The van der Waals surface area contributed by atoms with Crippen LogP contribution in [-0.4, -0.2) is 36.1 Å². The van der Waals surface area contributed by atoms with Crippen molar-refractivity contribution in [3.63, 3.8) is 0 Å². The second kappa shape index (κ2) is 12.0. The summed E-state index contributed by atoms with van der Waals surface area (Å²) in [6.07, 6.45) is 5.60. The lowest BCUT2D eigenvalue weighted by atomic mass is 10.1. The van der Waals surface area contributed by atoms with Gasteiger partial charge in [-0.2, -0.15) is 0 Å². The molecule has 2 aromatic carbocycles. The largest absolute Gasteiger partial charge is 0.471 e. The molecule has 212 valence electrons. The first-order valence-electron chi connectivity index (χ1n) is 13.7. The van der Waals surface area contributed by atoms with E-state index in [0.717, 1.165) is 40.5 Å². The number of pyridine rings is 2. The van der Waals surface area contributed by atoms with Gasteiger partial charge in [-0.15, -0.1) is 0 Å². The number of fused-ring (bicyclic) bond motifs is 1. The van der Waals surface area contributed by atoms with Gasteiger partial charge in [0, 0.05) is 49.7 Å². The Balaban J connectivity index is 1.26. The molecule has 4 aromatic heterocycles. The van der Waals surface area contributed by atoms with E-state index in [1.54, 1.807) is 30.5 Å². The van der Waals surface area contributed by atoms with Gasteiger partial charge in [-0.1, -0.05) is 29.8 Å². The van der Waals surface area contributed by atoms with Crippen molar-refractivity contribution < 1.29 is 9.13 Å². The smallest absolute Gasteiger partial charge is 0.214 e. The molecule has 0 aliphatic rings. The highest BCUT2D eigenvalue weighted by Gasteiger charge is 2.16. The first-order chi connectivity index (χ1) is 20.5. The van der Waals surface area contributed by atoms with Gasteiger partial charge in [-0.05, 0) is 55.0 Å². The van der Waals surface area contributed by atoms with E-state index in [4.69, 9.17) is 21.3 Å². The predicted molar refractivity (Wildman–Crippen MR) is 162 cm³/mol. The Morgan fingerprint density at radius 1 is 1.00 bits per heavy atom. The molecule has 6 rings (SSSR count). The molecule has 0 aliphatic heterocycles. The van der Waals surface area contributed by atoms with E-state index in [-0.39, 0.29) is 12.4 Å². The molecule has 10 heteroatoms. The van der Waals surface area contributed by atoms with Crippen molar-refractivity contribution in [1.29, 1.82) is 0 Å². The van der Waals surface area contributed by atoms with Crippen LogP contribution in [0.25, 0.3) is 22.3 Å². The quantitative estimate of drug-likeness (QED) is 0.192. The van der Waals surface area contributed by atoms with Crippen LogP contribution < -0.4 is 10.1 Å². The van der Waals surface area contributed by atoms with E-state index >= 15 is 4.39 Å². The number of aryl methyl sites for hydroxylation is 1. The third-order valence-electron chi connectivity index (χ3n) is 7.15. The van der Waals surface area contributed by atoms with Crippen LogP contribution in [0.3, 0.4) is 0 Å². The van der Waals surface area contributed by atoms with Gasteiger partial charge >= 0.3 is 0 Å². The highest BCUT2D eigenvalue weighted by Crippen LogP contribution is 2.27. The molecule has 0 fully saturated rings. The molecule has 0 radical (unpaired) electrons. The first kappa shape index (κ1) is 27.4. The van der Waals surface area contributed by atoms with E-state index in [2.05, 4.69) is 36.3 Å². The number of nitrogens with one attached hydrogen (secondary N) is 1. The molecule has 8 nitrogen and oxygen atoms in total. The second-order valence-electron chi connectivity index (χ2n) is 9.84. The number of nitrogens with zero attached hydrogens (tertiary/aromatic N) is 6. The number of benzene rings is 2. The monoisotopic (exact) mass is 581 g/mol. The second-order valence-corrected chi connectivity index (χ2v) is 10.3. The molecule has 0 atom stereocenters. The normalized spacial score (nSPS) is 11.2. The van der Waals surface area contributed by atoms with Crippen molar-refractivity contribution in [1.82, 2.24) is 29.1 Å². The Morgan fingerprint density at radius 3 is 2.69 bits per heavy atom. The molecule has 6 aromatic rings. The van der Waals surface area contributed by atoms with Crippen LogP contribution in [0.4, 0.5) is 10.1 Å². The van der Waals surface area contributed by atoms with Crippen molar-refractivity contribution in [3.8, 4) is 17.1 Å². The van der Waals surface area contributed by atoms with Gasteiger partial charge in [-0.3, -0.25) is 4.98 Å². The fourth-order valence-corrected chi connectivity index (χ4v) is 5.00. The third-order valence-corrected chi connectivity index (χ3v) is 7.38. The van der Waals surface area contributed by atoms with E-state index < -0.39 is 0 Å². The van der Waals surface area contributed by atoms with Gasteiger partial charge in [0.1, 0.15) is 18.2 Å². The fraction of sp³-hybridized carbons (Fsp3) is 0.188. The predicted octanol–water partition coefficient (Wildman–Crippen LogP) is 6.76. The number of imidazole rings is 2. The maximum atomic E-state index is 15.6. The van der Waals surface area contributed by atoms with Crippen LogP contribution in [0.5, 0.6) is 5.88 Å². The zero-order valence-corrected chi connectivity index (χ0v) is 24.0. The highest BCUT2D eigenvalue weighted by atomic mass is 35.5. The summed E-state index contributed by atoms with van der Waals surface area (Å²) in [7, 11) is 1.88. The van der Waals surface area contributed by atoms with Gasteiger partial charge in [-0.25, -0.2) is 19.3 Å². The van der Waals surface area contributed by atoms with E-state index in [9.17, 15) is 0 Å². The van der Waals surface area contributed by atoms with Crippen molar-refractivity contribution in [2.24, 2.45) is 0 Å². The molecular formula is C32H29ClFN7O. The number of hydrogen-bond acceptors (Lipinski definition) is 6. The number of aromatic nitrogens is 6. The summed E-state index contributed by atoms with van der Waals surface area (Å²) in [5.74, 6) is 0.881. The maximum Gasteiger partial charge on any atom is 0.214 e. The summed E-state index contributed by atoms with van der Waals surface area (Å²) < 4.78 is 25.6. The topological polar surface area (TPSA) is 82.7 Å². The van der Waals surface area contributed by atoms with Crippen LogP contribution in [0.1, 0.15) is 29.7 Å². The Labute approximate surface area is 247 Å².